The van der Waals surface area contributed by atoms with Gasteiger partial charge in [0.15, 0.2) is 0 Å². The molecule has 0 aromatic rings. The van der Waals surface area contributed by atoms with Crippen LogP contribution < -0.4 is 5.73 Å². The van der Waals surface area contributed by atoms with E-state index in [0.717, 1.165) is 12.8 Å². The van der Waals surface area contributed by atoms with Gasteiger partial charge in [0.1, 0.15) is 5.17 Å². The standard InChI is InChI=1S/C5H7ClN2O2/c6-4(3-1-2-3)8-10-5(7)9/h3H,1-2H2,(H2,7,9)/b8-4+. The van der Waals surface area contributed by atoms with Crippen molar-refractivity contribution in [3.05, 3.63) is 0 Å². The second kappa shape index (κ2) is 2.88. The Bertz CT molecular complexity index is 176. The summed E-state index contributed by atoms with van der Waals surface area (Å²) < 4.78 is 0. The first-order valence-corrected chi connectivity index (χ1v) is 3.28. The van der Waals surface area contributed by atoms with Crippen LogP contribution in [0.3, 0.4) is 0 Å². The van der Waals surface area contributed by atoms with Gasteiger partial charge < -0.3 is 5.73 Å². The van der Waals surface area contributed by atoms with E-state index in [9.17, 15) is 4.79 Å². The van der Waals surface area contributed by atoms with E-state index in [1.165, 1.54) is 0 Å². The van der Waals surface area contributed by atoms with Crippen LogP contribution in [0.25, 0.3) is 0 Å². The number of nitrogens with zero attached hydrogens (tertiary/aromatic N) is 1. The maximum atomic E-state index is 9.98. The SMILES string of the molecule is NC(=O)O/N=C(/Cl)C1CC1. The van der Waals surface area contributed by atoms with Gasteiger partial charge in [0.05, 0.1) is 0 Å². The predicted octanol–water partition coefficient (Wildman–Crippen LogP) is 1.04. The molecule has 5 heteroatoms. The van der Waals surface area contributed by atoms with Gasteiger partial charge >= 0.3 is 6.09 Å². The molecule has 10 heavy (non-hydrogen) atoms. The Labute approximate surface area is 63.0 Å². The highest BCUT2D eigenvalue weighted by Gasteiger charge is 2.27. The summed E-state index contributed by atoms with van der Waals surface area (Å²) in [6.45, 7) is 0. The van der Waals surface area contributed by atoms with Crippen LogP contribution in [0.4, 0.5) is 4.79 Å². The summed E-state index contributed by atoms with van der Waals surface area (Å²) in [5.74, 6) is 0.293. The van der Waals surface area contributed by atoms with Crippen molar-refractivity contribution in [1.29, 1.82) is 0 Å². The van der Waals surface area contributed by atoms with E-state index in [0.29, 0.717) is 11.1 Å². The fraction of sp³-hybridized carbons (Fsp3) is 0.600. The van der Waals surface area contributed by atoms with Crippen LogP contribution in [0.15, 0.2) is 5.16 Å². The van der Waals surface area contributed by atoms with Gasteiger partial charge in [-0.3, -0.25) is 4.84 Å². The average Bonchev–Trinajstić information content (AvgIpc) is 2.63. The van der Waals surface area contributed by atoms with E-state index in [2.05, 4.69) is 15.7 Å². The van der Waals surface area contributed by atoms with Crippen molar-refractivity contribution < 1.29 is 9.63 Å². The predicted molar refractivity (Wildman–Crippen MR) is 36.7 cm³/mol. The highest BCUT2D eigenvalue weighted by molar-refractivity contribution is 6.66. The molecule has 0 bridgehead atoms. The molecule has 56 valence electrons. The average molecular weight is 163 g/mol. The summed E-state index contributed by atoms with van der Waals surface area (Å²) in [6, 6.07) is 0. The number of carbonyl (C=O) groups excluding carboxylic acids is 1. The first-order valence-electron chi connectivity index (χ1n) is 2.90. The molecule has 0 aliphatic heterocycles. The fourth-order valence-electron chi connectivity index (χ4n) is 0.485. The van der Waals surface area contributed by atoms with Gasteiger partial charge in [-0.05, 0) is 12.8 Å². The van der Waals surface area contributed by atoms with Crippen LogP contribution in [0.1, 0.15) is 12.8 Å². The zero-order valence-corrected chi connectivity index (χ0v) is 5.97. The molecule has 1 rings (SSSR count). The Hall–Kier alpha value is -0.770. The van der Waals surface area contributed by atoms with Gasteiger partial charge in [-0.25, -0.2) is 4.79 Å². The Morgan fingerprint density at radius 2 is 2.30 bits per heavy atom. The topological polar surface area (TPSA) is 64.7 Å². The molecule has 0 heterocycles. The van der Waals surface area contributed by atoms with Gasteiger partial charge in [-0.15, -0.1) is 0 Å². The molecule has 0 spiro atoms. The number of hydrogen-bond acceptors (Lipinski definition) is 3. The van der Waals surface area contributed by atoms with Crippen molar-refractivity contribution in [1.82, 2.24) is 0 Å². The van der Waals surface area contributed by atoms with Crippen LogP contribution in [0.2, 0.25) is 0 Å². The number of hydrogen-bond donors (Lipinski definition) is 1. The van der Waals surface area contributed by atoms with Crippen LogP contribution >= 0.6 is 11.6 Å². The smallest absolute Gasteiger partial charge is 0.333 e. The van der Waals surface area contributed by atoms with Crippen LogP contribution in [0, 0.1) is 5.92 Å². The molecule has 4 nitrogen and oxygen atoms in total. The second-order valence-electron chi connectivity index (χ2n) is 2.10. The molecule has 0 aromatic heterocycles. The number of rotatable bonds is 2. The largest absolute Gasteiger partial charge is 0.430 e. The van der Waals surface area contributed by atoms with Crippen LogP contribution in [0.5, 0.6) is 0 Å². The lowest BCUT2D eigenvalue weighted by Gasteiger charge is -1.90. The summed E-state index contributed by atoms with van der Waals surface area (Å²) in [5, 5.41) is 3.63. The van der Waals surface area contributed by atoms with Crippen molar-refractivity contribution >= 4 is 22.9 Å². The lowest BCUT2D eigenvalue weighted by atomic mass is 10.5. The molecule has 1 amide bonds. The monoisotopic (exact) mass is 162 g/mol. The summed E-state index contributed by atoms with van der Waals surface area (Å²) in [4.78, 5) is 14.1. The molecule has 0 aromatic carbocycles. The van der Waals surface area contributed by atoms with Gasteiger partial charge in [0.25, 0.3) is 0 Å². The second-order valence-corrected chi connectivity index (χ2v) is 2.49. The number of amides is 1. The first-order chi connectivity index (χ1) is 4.70. The minimum Gasteiger partial charge on any atom is -0.333 e. The van der Waals surface area contributed by atoms with Crippen molar-refractivity contribution in [2.45, 2.75) is 12.8 Å². The fourth-order valence-corrected chi connectivity index (χ4v) is 0.737. The van der Waals surface area contributed by atoms with Crippen molar-refractivity contribution in [3.8, 4) is 0 Å². The number of primary amides is 1. The molecule has 1 saturated carbocycles. The van der Waals surface area contributed by atoms with Crippen LogP contribution in [-0.4, -0.2) is 11.3 Å². The van der Waals surface area contributed by atoms with Crippen LogP contribution in [-0.2, 0) is 4.84 Å². The number of carbonyl (C=O) groups is 1. The van der Waals surface area contributed by atoms with Gasteiger partial charge in [0, 0.05) is 5.92 Å². The van der Waals surface area contributed by atoms with Gasteiger partial charge in [0.2, 0.25) is 0 Å². The molecule has 2 N–H and O–H groups in total. The Morgan fingerprint density at radius 3 is 2.70 bits per heavy atom. The minimum absolute atomic E-state index is 0.293. The van der Waals surface area contributed by atoms with Crippen molar-refractivity contribution in [2.75, 3.05) is 0 Å². The molecular formula is C5H7ClN2O2. The number of nitrogens with two attached hydrogens (primary N) is 1. The summed E-state index contributed by atoms with van der Waals surface area (Å²) in [6.07, 6.45) is 1.10. The lowest BCUT2D eigenvalue weighted by molar-refractivity contribution is 0.161. The molecule has 0 saturated heterocycles. The maximum absolute atomic E-state index is 9.98. The highest BCUT2D eigenvalue weighted by atomic mass is 35.5. The zero-order chi connectivity index (χ0) is 7.56. The third-order valence-corrected chi connectivity index (χ3v) is 1.51. The normalized spacial score (nSPS) is 18.7. The molecule has 0 unspecified atom stereocenters. The molecule has 1 aliphatic carbocycles. The molecule has 1 fully saturated rings. The Balaban J connectivity index is 2.30. The molecule has 1 aliphatic rings. The summed E-state index contributed by atoms with van der Waals surface area (Å²) in [7, 11) is 0. The molecular weight excluding hydrogens is 156 g/mol. The van der Waals surface area contributed by atoms with E-state index in [4.69, 9.17) is 11.6 Å². The van der Waals surface area contributed by atoms with Gasteiger partial charge in [-0.2, -0.15) is 0 Å². The van der Waals surface area contributed by atoms with Crippen molar-refractivity contribution in [3.63, 3.8) is 0 Å². The highest BCUT2D eigenvalue weighted by Crippen LogP contribution is 2.32. The van der Waals surface area contributed by atoms with E-state index in [1.807, 2.05) is 0 Å². The summed E-state index contributed by atoms with van der Waals surface area (Å²) in [5.41, 5.74) is 4.63. The Morgan fingerprint density at radius 1 is 1.70 bits per heavy atom. The Kier molecular flexibility index (Phi) is 2.11. The third-order valence-electron chi connectivity index (χ3n) is 1.14. The van der Waals surface area contributed by atoms with E-state index < -0.39 is 6.09 Å². The first kappa shape index (κ1) is 7.34. The van der Waals surface area contributed by atoms with E-state index in [1.54, 1.807) is 0 Å². The van der Waals surface area contributed by atoms with E-state index in [-0.39, 0.29) is 0 Å². The minimum atomic E-state index is -0.932. The number of oxime groups is 1. The van der Waals surface area contributed by atoms with E-state index >= 15 is 0 Å². The quantitative estimate of drug-likeness (QED) is 0.375. The molecule has 0 radical (unpaired) electrons. The third kappa shape index (κ3) is 2.23. The molecule has 0 atom stereocenters. The van der Waals surface area contributed by atoms with Crippen molar-refractivity contribution in [2.24, 2.45) is 16.8 Å². The number of halogens is 1. The van der Waals surface area contributed by atoms with Gasteiger partial charge in [-0.1, -0.05) is 16.8 Å². The maximum Gasteiger partial charge on any atom is 0.430 e. The summed E-state index contributed by atoms with van der Waals surface area (Å²) >= 11 is 5.54. The lowest BCUT2D eigenvalue weighted by Crippen LogP contribution is -2.10. The zero-order valence-electron chi connectivity index (χ0n) is 5.21.